The van der Waals surface area contributed by atoms with Crippen LogP contribution in [0.4, 0.5) is 0 Å². The largest absolute Gasteiger partial charge is 0.497 e. The average molecular weight is 379 g/mol. The molecule has 1 aliphatic rings. The molecule has 144 valence electrons. The molecule has 1 aromatic carbocycles. The number of fused-ring (bicyclic) bond motifs is 1. The molecule has 1 atom stereocenters. The van der Waals surface area contributed by atoms with Gasteiger partial charge in [0.15, 0.2) is 5.82 Å². The maximum Gasteiger partial charge on any atom is 0.292 e. The van der Waals surface area contributed by atoms with Crippen LogP contribution in [0.1, 0.15) is 23.1 Å². The van der Waals surface area contributed by atoms with Gasteiger partial charge in [-0.2, -0.15) is 0 Å². The van der Waals surface area contributed by atoms with Gasteiger partial charge in [0.1, 0.15) is 17.2 Å². The third kappa shape index (κ3) is 3.17. The monoisotopic (exact) mass is 379 g/mol. The molecule has 4 rings (SSSR count). The second-order valence-corrected chi connectivity index (χ2v) is 6.67. The number of nitrogens with zero attached hydrogens (tertiary/aromatic N) is 5. The number of carbonyl (C=O) groups excluding carboxylic acids is 1. The Morgan fingerprint density at radius 2 is 1.75 bits per heavy atom. The molecule has 1 aliphatic heterocycles. The van der Waals surface area contributed by atoms with Gasteiger partial charge in [0.2, 0.25) is 5.82 Å². The topological polar surface area (TPSA) is 82.4 Å². The second kappa shape index (κ2) is 7.30. The van der Waals surface area contributed by atoms with Gasteiger partial charge in [-0.3, -0.25) is 14.3 Å². The third-order valence-electron chi connectivity index (χ3n) is 4.89. The van der Waals surface area contributed by atoms with Crippen molar-refractivity contribution in [2.24, 2.45) is 0 Å². The minimum absolute atomic E-state index is 0.0116. The van der Waals surface area contributed by atoms with Gasteiger partial charge < -0.3 is 14.4 Å². The number of benzene rings is 1. The van der Waals surface area contributed by atoms with Gasteiger partial charge in [-0.1, -0.05) is 12.1 Å². The number of hydrogen-bond donors (Lipinski definition) is 0. The Labute approximate surface area is 162 Å². The summed E-state index contributed by atoms with van der Waals surface area (Å²) in [5, 5.41) is 8.37. The number of methoxy groups -OCH3 is 2. The van der Waals surface area contributed by atoms with E-state index in [9.17, 15) is 4.79 Å². The Kier molecular flexibility index (Phi) is 4.68. The predicted molar refractivity (Wildman–Crippen MR) is 102 cm³/mol. The predicted octanol–water partition coefficient (Wildman–Crippen LogP) is 2.40. The van der Waals surface area contributed by atoms with Crippen LogP contribution in [0, 0.1) is 0 Å². The summed E-state index contributed by atoms with van der Waals surface area (Å²) >= 11 is 0. The van der Waals surface area contributed by atoms with Crippen LogP contribution in [0.15, 0.2) is 42.6 Å². The lowest BCUT2D eigenvalue weighted by molar-refractivity contribution is 0.0588. The minimum Gasteiger partial charge on any atom is -0.497 e. The zero-order valence-electron chi connectivity index (χ0n) is 16.0. The lowest BCUT2D eigenvalue weighted by Gasteiger charge is -2.33. The van der Waals surface area contributed by atoms with Crippen molar-refractivity contribution in [1.82, 2.24) is 24.6 Å². The highest BCUT2D eigenvalue weighted by atomic mass is 16.5. The van der Waals surface area contributed by atoms with Crippen molar-refractivity contribution in [3.8, 4) is 23.0 Å². The molecule has 0 fully saturated rings. The molecule has 0 saturated heterocycles. The van der Waals surface area contributed by atoms with Gasteiger partial charge in [-0.25, -0.2) is 0 Å². The second-order valence-electron chi connectivity index (χ2n) is 6.67. The van der Waals surface area contributed by atoms with Crippen molar-refractivity contribution in [3.63, 3.8) is 0 Å². The summed E-state index contributed by atoms with van der Waals surface area (Å²) in [6.45, 7) is 3.12. The summed E-state index contributed by atoms with van der Waals surface area (Å²) < 4.78 is 12.3. The van der Waals surface area contributed by atoms with Crippen LogP contribution >= 0.6 is 0 Å². The normalized spacial score (nSPS) is 16.0. The molecule has 0 aliphatic carbocycles. The fourth-order valence-electron chi connectivity index (χ4n) is 3.33. The SMILES string of the molecule is COc1ccc(CN2C(=O)c3nnc(-c4cc(OC)ccn4)n3CC2C)cc1. The number of rotatable bonds is 5. The van der Waals surface area contributed by atoms with E-state index in [0.717, 1.165) is 11.3 Å². The highest BCUT2D eigenvalue weighted by molar-refractivity contribution is 5.92. The maximum absolute atomic E-state index is 13.1. The number of hydrogen-bond acceptors (Lipinski definition) is 6. The van der Waals surface area contributed by atoms with Gasteiger partial charge in [0, 0.05) is 31.4 Å². The Hall–Kier alpha value is -3.42. The molecule has 1 amide bonds. The van der Waals surface area contributed by atoms with Crippen molar-refractivity contribution in [3.05, 3.63) is 54.0 Å². The molecule has 1 unspecified atom stereocenters. The number of ether oxygens (including phenoxy) is 2. The van der Waals surface area contributed by atoms with E-state index < -0.39 is 0 Å². The maximum atomic E-state index is 13.1. The highest BCUT2D eigenvalue weighted by Gasteiger charge is 2.34. The molecular formula is C20H21N5O3. The van der Waals surface area contributed by atoms with Crippen molar-refractivity contribution < 1.29 is 14.3 Å². The van der Waals surface area contributed by atoms with E-state index in [0.29, 0.717) is 36.2 Å². The van der Waals surface area contributed by atoms with Gasteiger partial charge in [0.25, 0.3) is 5.91 Å². The Bertz CT molecular complexity index is 999. The summed E-state index contributed by atoms with van der Waals surface area (Å²) in [6, 6.07) is 11.3. The summed E-state index contributed by atoms with van der Waals surface area (Å²) in [5.41, 5.74) is 1.66. The molecule has 0 spiro atoms. The molecule has 3 heterocycles. The zero-order chi connectivity index (χ0) is 19.7. The molecule has 0 N–H and O–H groups in total. The molecule has 28 heavy (non-hydrogen) atoms. The molecule has 0 radical (unpaired) electrons. The van der Waals surface area contributed by atoms with Crippen LogP contribution < -0.4 is 9.47 Å². The van der Waals surface area contributed by atoms with E-state index in [1.807, 2.05) is 40.7 Å². The Morgan fingerprint density at radius 3 is 2.46 bits per heavy atom. The molecular weight excluding hydrogens is 358 g/mol. The summed E-state index contributed by atoms with van der Waals surface area (Å²) in [5.74, 6) is 2.22. The van der Waals surface area contributed by atoms with E-state index in [4.69, 9.17) is 9.47 Å². The van der Waals surface area contributed by atoms with Gasteiger partial charge in [-0.15, -0.1) is 10.2 Å². The number of carbonyl (C=O) groups is 1. The summed E-state index contributed by atoms with van der Waals surface area (Å²) in [7, 11) is 3.23. The fraction of sp³-hybridized carbons (Fsp3) is 0.300. The van der Waals surface area contributed by atoms with Crippen molar-refractivity contribution >= 4 is 5.91 Å². The molecule has 3 aromatic rings. The smallest absolute Gasteiger partial charge is 0.292 e. The van der Waals surface area contributed by atoms with E-state index in [1.54, 1.807) is 32.5 Å². The highest BCUT2D eigenvalue weighted by Crippen LogP contribution is 2.26. The molecule has 2 aromatic heterocycles. The van der Waals surface area contributed by atoms with E-state index in [2.05, 4.69) is 15.2 Å². The standard InChI is InChI=1S/C20H21N5O3/c1-13-11-25-18(17-10-16(28-3)8-9-21-17)22-23-19(25)20(26)24(13)12-14-4-6-15(27-2)7-5-14/h4-10,13H,11-12H2,1-3H3. The van der Waals surface area contributed by atoms with E-state index >= 15 is 0 Å². The molecule has 0 saturated carbocycles. The number of amides is 1. The van der Waals surface area contributed by atoms with Crippen molar-refractivity contribution in [2.75, 3.05) is 14.2 Å². The number of pyridine rings is 1. The first kappa shape index (κ1) is 18.0. The first-order valence-corrected chi connectivity index (χ1v) is 8.98. The van der Waals surface area contributed by atoms with Crippen LogP contribution in [0.5, 0.6) is 11.5 Å². The van der Waals surface area contributed by atoms with Crippen LogP contribution in [0.3, 0.4) is 0 Å². The zero-order valence-corrected chi connectivity index (χ0v) is 16.0. The van der Waals surface area contributed by atoms with Crippen LogP contribution in [-0.2, 0) is 13.1 Å². The molecule has 0 bridgehead atoms. The quantitative estimate of drug-likeness (QED) is 0.677. The fourth-order valence-corrected chi connectivity index (χ4v) is 3.33. The molecule has 8 heteroatoms. The minimum atomic E-state index is -0.142. The van der Waals surface area contributed by atoms with Crippen LogP contribution in [0.25, 0.3) is 11.5 Å². The lowest BCUT2D eigenvalue weighted by atomic mass is 10.1. The van der Waals surface area contributed by atoms with E-state index in [-0.39, 0.29) is 11.9 Å². The summed E-state index contributed by atoms with van der Waals surface area (Å²) in [6.07, 6.45) is 1.65. The summed E-state index contributed by atoms with van der Waals surface area (Å²) in [4.78, 5) is 19.2. The van der Waals surface area contributed by atoms with E-state index in [1.165, 1.54) is 0 Å². The molecule has 8 nitrogen and oxygen atoms in total. The third-order valence-corrected chi connectivity index (χ3v) is 4.89. The Morgan fingerprint density at radius 1 is 1.04 bits per heavy atom. The first-order valence-electron chi connectivity index (χ1n) is 8.98. The lowest BCUT2D eigenvalue weighted by Crippen LogP contribution is -2.46. The number of aromatic nitrogens is 4. The van der Waals surface area contributed by atoms with Crippen molar-refractivity contribution in [2.45, 2.75) is 26.1 Å². The van der Waals surface area contributed by atoms with Gasteiger partial charge in [-0.05, 0) is 30.7 Å². The van der Waals surface area contributed by atoms with Gasteiger partial charge >= 0.3 is 0 Å². The van der Waals surface area contributed by atoms with Crippen molar-refractivity contribution in [1.29, 1.82) is 0 Å². The van der Waals surface area contributed by atoms with Crippen LogP contribution in [0.2, 0.25) is 0 Å². The Balaban J connectivity index is 1.62. The van der Waals surface area contributed by atoms with Crippen LogP contribution in [-0.4, -0.2) is 50.8 Å². The average Bonchev–Trinajstić information content (AvgIpc) is 3.15. The van der Waals surface area contributed by atoms with Gasteiger partial charge in [0.05, 0.1) is 14.2 Å². The first-order chi connectivity index (χ1) is 13.6.